The van der Waals surface area contributed by atoms with E-state index in [-0.39, 0.29) is 5.63 Å². The van der Waals surface area contributed by atoms with Gasteiger partial charge in [-0.2, -0.15) is 0 Å². The maximum Gasteiger partial charge on any atom is 0.336 e. The van der Waals surface area contributed by atoms with Crippen LogP contribution in [-0.4, -0.2) is 25.6 Å². The first kappa shape index (κ1) is 14.1. The summed E-state index contributed by atoms with van der Waals surface area (Å²) in [6.07, 6.45) is 1.61. The molecule has 0 bridgehead atoms. The molecule has 0 aliphatic carbocycles. The summed E-state index contributed by atoms with van der Waals surface area (Å²) >= 11 is 0. The molecule has 1 aromatic heterocycles. The molecule has 5 nitrogen and oxygen atoms in total. The first-order valence-electron chi connectivity index (χ1n) is 7.09. The summed E-state index contributed by atoms with van der Waals surface area (Å²) in [6.45, 7) is 3.82. The minimum Gasteiger partial charge on any atom is -0.493 e. The molecule has 0 N–H and O–H groups in total. The first-order valence-corrected chi connectivity index (χ1v) is 7.09. The zero-order valence-electron chi connectivity index (χ0n) is 12.0. The molecule has 2 heterocycles. The largest absolute Gasteiger partial charge is 0.493 e. The van der Waals surface area contributed by atoms with Crippen LogP contribution >= 0.6 is 0 Å². The molecule has 0 saturated carbocycles. The molecular weight excluding hydrogens is 272 g/mol. The van der Waals surface area contributed by atoms with E-state index in [0.717, 1.165) is 18.2 Å². The van der Waals surface area contributed by atoms with Crippen molar-refractivity contribution in [2.75, 3.05) is 19.8 Å². The van der Waals surface area contributed by atoms with Gasteiger partial charge in [-0.25, -0.2) is 4.79 Å². The van der Waals surface area contributed by atoms with E-state index in [0.29, 0.717) is 31.2 Å². The molecule has 0 amide bonds. The third-order valence-electron chi connectivity index (χ3n) is 3.54. The van der Waals surface area contributed by atoms with Crippen LogP contribution in [0, 0.1) is 0 Å². The minimum atomic E-state index is -0.473. The SMILES string of the molecule is CC1(CCCOc2ccc3ccc(=O)oc3c2)OCCO1. The van der Waals surface area contributed by atoms with Crippen molar-refractivity contribution < 1.29 is 18.6 Å². The van der Waals surface area contributed by atoms with Gasteiger partial charge in [0, 0.05) is 23.9 Å². The highest BCUT2D eigenvalue weighted by molar-refractivity contribution is 5.77. The van der Waals surface area contributed by atoms with Crippen LogP contribution < -0.4 is 10.4 Å². The predicted molar refractivity (Wildman–Crippen MR) is 77.5 cm³/mol. The number of benzene rings is 1. The lowest BCUT2D eigenvalue weighted by Crippen LogP contribution is -2.25. The van der Waals surface area contributed by atoms with Crippen LogP contribution in [0.15, 0.2) is 39.5 Å². The van der Waals surface area contributed by atoms with Gasteiger partial charge in [0.1, 0.15) is 11.3 Å². The van der Waals surface area contributed by atoms with Gasteiger partial charge in [-0.3, -0.25) is 0 Å². The average molecular weight is 290 g/mol. The summed E-state index contributed by atoms with van der Waals surface area (Å²) in [5, 5.41) is 0.877. The van der Waals surface area contributed by atoms with Crippen LogP contribution in [-0.2, 0) is 9.47 Å². The number of hydrogen-bond acceptors (Lipinski definition) is 5. The lowest BCUT2D eigenvalue weighted by Gasteiger charge is -2.21. The van der Waals surface area contributed by atoms with E-state index in [9.17, 15) is 4.79 Å². The monoisotopic (exact) mass is 290 g/mol. The molecule has 21 heavy (non-hydrogen) atoms. The summed E-state index contributed by atoms with van der Waals surface area (Å²) in [5.41, 5.74) is 0.178. The smallest absolute Gasteiger partial charge is 0.336 e. The molecule has 1 aliphatic rings. The Labute approximate surface area is 122 Å². The molecule has 1 aliphatic heterocycles. The number of hydrogen-bond donors (Lipinski definition) is 0. The van der Waals surface area contributed by atoms with Gasteiger partial charge < -0.3 is 18.6 Å². The Bertz CT molecular complexity index is 670. The number of fused-ring (bicyclic) bond motifs is 1. The highest BCUT2D eigenvalue weighted by atomic mass is 16.7. The fourth-order valence-corrected chi connectivity index (χ4v) is 2.42. The van der Waals surface area contributed by atoms with E-state index in [1.54, 1.807) is 12.1 Å². The average Bonchev–Trinajstić information content (AvgIpc) is 2.90. The van der Waals surface area contributed by atoms with E-state index in [1.807, 2.05) is 19.1 Å². The second-order valence-corrected chi connectivity index (χ2v) is 5.24. The van der Waals surface area contributed by atoms with Gasteiger partial charge >= 0.3 is 5.63 Å². The van der Waals surface area contributed by atoms with E-state index in [2.05, 4.69) is 0 Å². The second-order valence-electron chi connectivity index (χ2n) is 5.24. The number of rotatable bonds is 5. The fraction of sp³-hybridized carbons (Fsp3) is 0.438. The molecule has 0 spiro atoms. The summed E-state index contributed by atoms with van der Waals surface area (Å²) < 4.78 is 21.9. The Morgan fingerprint density at radius 3 is 2.76 bits per heavy atom. The van der Waals surface area contributed by atoms with E-state index < -0.39 is 5.79 Å². The fourth-order valence-electron chi connectivity index (χ4n) is 2.42. The van der Waals surface area contributed by atoms with Gasteiger partial charge in [-0.05, 0) is 31.5 Å². The topological polar surface area (TPSA) is 57.9 Å². The van der Waals surface area contributed by atoms with Crippen molar-refractivity contribution in [3.63, 3.8) is 0 Å². The van der Waals surface area contributed by atoms with E-state index >= 15 is 0 Å². The molecule has 1 saturated heterocycles. The normalized spacial score (nSPS) is 17.2. The molecule has 1 fully saturated rings. The molecule has 0 unspecified atom stereocenters. The van der Waals surface area contributed by atoms with E-state index in [4.69, 9.17) is 18.6 Å². The van der Waals surface area contributed by atoms with Crippen LogP contribution in [0.5, 0.6) is 5.75 Å². The minimum absolute atomic E-state index is 0.358. The Hall–Kier alpha value is -1.85. The zero-order chi connectivity index (χ0) is 14.7. The molecule has 3 rings (SSSR count). The van der Waals surface area contributed by atoms with Crippen molar-refractivity contribution >= 4 is 11.0 Å². The molecule has 2 aromatic rings. The van der Waals surface area contributed by atoms with Crippen LogP contribution in [0.3, 0.4) is 0 Å². The molecule has 112 valence electrons. The first-order chi connectivity index (χ1) is 10.1. The van der Waals surface area contributed by atoms with Gasteiger partial charge in [0.05, 0.1) is 19.8 Å². The predicted octanol–water partition coefficient (Wildman–Crippen LogP) is 2.72. The Balaban J connectivity index is 1.56. The van der Waals surface area contributed by atoms with Crippen molar-refractivity contribution in [2.24, 2.45) is 0 Å². The van der Waals surface area contributed by atoms with Crippen LogP contribution in [0.2, 0.25) is 0 Å². The lowest BCUT2D eigenvalue weighted by molar-refractivity contribution is -0.148. The van der Waals surface area contributed by atoms with Gasteiger partial charge in [-0.1, -0.05) is 0 Å². The highest BCUT2D eigenvalue weighted by Crippen LogP contribution is 2.24. The van der Waals surface area contributed by atoms with Gasteiger partial charge in [0.25, 0.3) is 0 Å². The van der Waals surface area contributed by atoms with E-state index in [1.165, 1.54) is 6.07 Å². The molecule has 1 aromatic carbocycles. The van der Waals surface area contributed by atoms with Gasteiger partial charge in [-0.15, -0.1) is 0 Å². The Kier molecular flexibility index (Phi) is 3.94. The van der Waals surface area contributed by atoms with Gasteiger partial charge in [0.15, 0.2) is 5.79 Å². The van der Waals surface area contributed by atoms with Crippen LogP contribution in [0.1, 0.15) is 19.8 Å². The summed E-state index contributed by atoms with van der Waals surface area (Å²) in [4.78, 5) is 11.2. The maximum atomic E-state index is 11.2. The lowest BCUT2D eigenvalue weighted by atomic mass is 10.2. The van der Waals surface area contributed by atoms with Crippen molar-refractivity contribution in [3.8, 4) is 5.75 Å². The maximum absolute atomic E-state index is 11.2. The third kappa shape index (κ3) is 3.43. The second kappa shape index (κ2) is 5.87. The van der Waals surface area contributed by atoms with Crippen molar-refractivity contribution in [1.29, 1.82) is 0 Å². The summed E-state index contributed by atoms with van der Waals surface area (Å²) in [6, 6.07) is 8.62. The molecule has 5 heteroatoms. The molecule has 0 atom stereocenters. The Morgan fingerprint density at radius 2 is 1.95 bits per heavy atom. The van der Waals surface area contributed by atoms with Crippen molar-refractivity contribution in [3.05, 3.63) is 40.8 Å². The zero-order valence-corrected chi connectivity index (χ0v) is 12.0. The third-order valence-corrected chi connectivity index (χ3v) is 3.54. The standard InChI is InChI=1S/C16H18O5/c1-16(19-9-10-20-16)7-2-8-18-13-5-3-12-4-6-15(17)21-14(12)11-13/h3-6,11H,2,7-10H2,1H3. The summed E-state index contributed by atoms with van der Waals surface area (Å²) in [7, 11) is 0. The molecular formula is C16H18O5. The van der Waals surface area contributed by atoms with Gasteiger partial charge in [0.2, 0.25) is 0 Å². The quantitative estimate of drug-likeness (QED) is 0.626. The Morgan fingerprint density at radius 1 is 1.19 bits per heavy atom. The summed E-state index contributed by atoms with van der Waals surface area (Å²) in [5.74, 6) is 0.217. The van der Waals surface area contributed by atoms with Crippen molar-refractivity contribution in [2.45, 2.75) is 25.6 Å². The highest BCUT2D eigenvalue weighted by Gasteiger charge is 2.29. The number of ether oxygens (including phenoxy) is 3. The molecule has 0 radical (unpaired) electrons. The van der Waals surface area contributed by atoms with Crippen LogP contribution in [0.25, 0.3) is 11.0 Å². The van der Waals surface area contributed by atoms with Crippen LogP contribution in [0.4, 0.5) is 0 Å². The van der Waals surface area contributed by atoms with Crippen molar-refractivity contribution in [1.82, 2.24) is 0 Å².